The zero-order valence-electron chi connectivity index (χ0n) is 15.3. The Kier molecular flexibility index (Phi) is 4.18. The van der Waals surface area contributed by atoms with E-state index in [2.05, 4.69) is 5.32 Å². The monoisotopic (exact) mass is 456 g/mol. The third-order valence-corrected chi connectivity index (χ3v) is 11.4. The second-order valence-electron chi connectivity index (χ2n) is 8.01. The predicted molar refractivity (Wildman–Crippen MR) is 109 cm³/mol. The standard InChI is InChI=1S/C18H20N2O6S3/c21-27(22)8-15-17(10-27)20(18-11-28(23,24)9-16(18)19-15)29(25,26)14-6-5-12-3-1-2-4-13(12)7-14/h1-7,15-19H,8-11H2/t15-,16+,17-,18-/m1/s1. The number of benzene rings is 2. The van der Waals surface area contributed by atoms with E-state index in [4.69, 9.17) is 0 Å². The topological polar surface area (TPSA) is 118 Å². The molecule has 3 heterocycles. The molecule has 8 nitrogen and oxygen atoms in total. The molecule has 2 aromatic rings. The third kappa shape index (κ3) is 3.19. The van der Waals surface area contributed by atoms with Gasteiger partial charge in [-0.3, -0.25) is 0 Å². The lowest BCUT2D eigenvalue weighted by Crippen LogP contribution is -2.67. The quantitative estimate of drug-likeness (QED) is 0.663. The number of nitrogens with one attached hydrogen (secondary N) is 1. The van der Waals surface area contributed by atoms with Crippen LogP contribution in [0.5, 0.6) is 0 Å². The zero-order valence-corrected chi connectivity index (χ0v) is 17.8. The van der Waals surface area contributed by atoms with Crippen LogP contribution in [0, 0.1) is 0 Å². The Hall–Kier alpha value is -1.53. The summed E-state index contributed by atoms with van der Waals surface area (Å²) in [4.78, 5) is 0.0456. The fourth-order valence-corrected chi connectivity index (χ4v) is 10.7. The third-order valence-electron chi connectivity index (χ3n) is 6.02. The van der Waals surface area contributed by atoms with Crippen molar-refractivity contribution in [1.29, 1.82) is 0 Å². The maximum Gasteiger partial charge on any atom is 0.243 e. The Bertz CT molecular complexity index is 1270. The minimum atomic E-state index is -4.10. The summed E-state index contributed by atoms with van der Waals surface area (Å²) in [7, 11) is -10.9. The number of nitrogens with zero attached hydrogens (tertiary/aromatic N) is 1. The Labute approximate surface area is 169 Å². The first-order valence-corrected chi connectivity index (χ1v) is 14.3. The second kappa shape index (κ2) is 6.24. The van der Waals surface area contributed by atoms with Crippen LogP contribution < -0.4 is 5.32 Å². The molecule has 0 radical (unpaired) electrons. The predicted octanol–water partition coefficient (Wildman–Crippen LogP) is -0.235. The molecule has 3 saturated heterocycles. The van der Waals surface area contributed by atoms with Crippen molar-refractivity contribution < 1.29 is 25.3 Å². The molecule has 0 unspecified atom stereocenters. The van der Waals surface area contributed by atoms with Crippen LogP contribution in [0.4, 0.5) is 0 Å². The van der Waals surface area contributed by atoms with Gasteiger partial charge in [-0.05, 0) is 22.9 Å². The lowest BCUT2D eigenvalue weighted by Gasteiger charge is -2.43. The van der Waals surface area contributed by atoms with Crippen molar-refractivity contribution in [2.45, 2.75) is 29.1 Å². The fourth-order valence-electron chi connectivity index (χ4n) is 4.81. The number of hydrogen-bond donors (Lipinski definition) is 1. The van der Waals surface area contributed by atoms with E-state index in [0.717, 1.165) is 10.8 Å². The van der Waals surface area contributed by atoms with Gasteiger partial charge in [0.1, 0.15) is 0 Å². The highest BCUT2D eigenvalue weighted by Gasteiger charge is 2.57. The summed E-state index contributed by atoms with van der Waals surface area (Å²) in [5.74, 6) is -0.989. The minimum absolute atomic E-state index is 0.0456. The molecule has 5 rings (SSSR count). The van der Waals surface area contributed by atoms with Crippen molar-refractivity contribution in [2.24, 2.45) is 0 Å². The van der Waals surface area contributed by atoms with Crippen LogP contribution in [-0.2, 0) is 29.7 Å². The van der Waals surface area contributed by atoms with Crippen LogP contribution in [0.15, 0.2) is 47.4 Å². The molecule has 3 fully saturated rings. The van der Waals surface area contributed by atoms with Crippen LogP contribution in [0.25, 0.3) is 10.8 Å². The number of piperazine rings is 1. The van der Waals surface area contributed by atoms with E-state index >= 15 is 0 Å². The van der Waals surface area contributed by atoms with E-state index in [0.29, 0.717) is 0 Å². The molecule has 1 N–H and O–H groups in total. The number of sulfonamides is 1. The Balaban J connectivity index is 1.64. The van der Waals surface area contributed by atoms with Crippen LogP contribution >= 0.6 is 0 Å². The van der Waals surface area contributed by atoms with Gasteiger partial charge in [0.2, 0.25) is 10.0 Å². The van der Waals surface area contributed by atoms with Gasteiger partial charge in [-0.15, -0.1) is 0 Å². The largest absolute Gasteiger partial charge is 0.306 e. The van der Waals surface area contributed by atoms with Crippen molar-refractivity contribution in [3.63, 3.8) is 0 Å². The molecule has 3 aliphatic rings. The van der Waals surface area contributed by atoms with Crippen molar-refractivity contribution in [2.75, 3.05) is 23.0 Å². The molecule has 2 aromatic carbocycles. The molecule has 0 amide bonds. The average Bonchev–Trinajstić information content (AvgIpc) is 3.10. The average molecular weight is 457 g/mol. The van der Waals surface area contributed by atoms with Gasteiger partial charge < -0.3 is 5.32 Å². The van der Waals surface area contributed by atoms with Crippen molar-refractivity contribution in [3.05, 3.63) is 42.5 Å². The molecule has 156 valence electrons. The summed E-state index contributed by atoms with van der Waals surface area (Å²) in [5.41, 5.74) is 0. The van der Waals surface area contributed by atoms with Crippen LogP contribution in [-0.4, -0.2) is 76.7 Å². The van der Waals surface area contributed by atoms with Crippen LogP contribution in [0.3, 0.4) is 0 Å². The SMILES string of the molecule is O=S1(=O)C[C@@H]2N[C@@H]3CS(=O)(=O)C[C@H]3N(S(=O)(=O)c3ccc4ccccc4c3)[C@@H]2C1. The molecular formula is C18H20N2O6S3. The molecule has 0 bridgehead atoms. The van der Waals surface area contributed by atoms with Crippen LogP contribution in [0.2, 0.25) is 0 Å². The van der Waals surface area contributed by atoms with E-state index in [9.17, 15) is 25.3 Å². The summed E-state index contributed by atoms with van der Waals surface area (Å²) < 4.78 is 77.5. The zero-order chi connectivity index (χ0) is 20.6. The molecule has 3 aliphatic heterocycles. The summed E-state index contributed by atoms with van der Waals surface area (Å²) in [6, 6.07) is 9.26. The van der Waals surface area contributed by atoms with E-state index < -0.39 is 53.9 Å². The normalized spacial score (nSPS) is 33.4. The van der Waals surface area contributed by atoms with E-state index in [-0.39, 0.29) is 27.9 Å². The molecule has 0 aromatic heterocycles. The number of fused-ring (bicyclic) bond motifs is 3. The first kappa shape index (κ1) is 19.4. The molecular weight excluding hydrogens is 436 g/mol. The van der Waals surface area contributed by atoms with Crippen molar-refractivity contribution >= 4 is 40.5 Å². The van der Waals surface area contributed by atoms with Gasteiger partial charge in [0, 0.05) is 12.1 Å². The molecule has 29 heavy (non-hydrogen) atoms. The number of hydrogen-bond acceptors (Lipinski definition) is 7. The van der Waals surface area contributed by atoms with Gasteiger partial charge >= 0.3 is 0 Å². The molecule has 0 aliphatic carbocycles. The number of sulfone groups is 2. The number of rotatable bonds is 2. The Morgan fingerprint density at radius 2 is 1.34 bits per heavy atom. The maximum absolute atomic E-state index is 13.6. The summed E-state index contributed by atoms with van der Waals surface area (Å²) in [6.45, 7) is 0. The fraction of sp³-hybridized carbons (Fsp3) is 0.444. The highest BCUT2D eigenvalue weighted by Crippen LogP contribution is 2.36. The molecule has 0 spiro atoms. The Morgan fingerprint density at radius 3 is 1.93 bits per heavy atom. The highest BCUT2D eigenvalue weighted by molar-refractivity contribution is 7.92. The highest BCUT2D eigenvalue weighted by atomic mass is 32.2. The lowest BCUT2D eigenvalue weighted by molar-refractivity contribution is 0.160. The Morgan fingerprint density at radius 1 is 0.793 bits per heavy atom. The maximum atomic E-state index is 13.6. The van der Waals surface area contributed by atoms with Gasteiger partial charge in [0.25, 0.3) is 0 Å². The van der Waals surface area contributed by atoms with E-state index in [1.807, 2.05) is 18.2 Å². The summed E-state index contributed by atoms with van der Waals surface area (Å²) in [5, 5.41) is 4.74. The van der Waals surface area contributed by atoms with E-state index in [1.165, 1.54) is 10.4 Å². The summed E-state index contributed by atoms with van der Waals surface area (Å²) in [6.07, 6.45) is 0. The van der Waals surface area contributed by atoms with Gasteiger partial charge in [-0.2, -0.15) is 4.31 Å². The minimum Gasteiger partial charge on any atom is -0.306 e. The van der Waals surface area contributed by atoms with Gasteiger partial charge in [-0.25, -0.2) is 25.3 Å². The van der Waals surface area contributed by atoms with Crippen molar-refractivity contribution in [3.8, 4) is 0 Å². The molecule has 4 atom stereocenters. The van der Waals surface area contributed by atoms with Crippen LogP contribution in [0.1, 0.15) is 0 Å². The second-order valence-corrected chi connectivity index (χ2v) is 14.2. The lowest BCUT2D eigenvalue weighted by atomic mass is 10.0. The molecule has 11 heteroatoms. The van der Waals surface area contributed by atoms with Gasteiger partial charge in [-0.1, -0.05) is 30.3 Å². The van der Waals surface area contributed by atoms with E-state index in [1.54, 1.807) is 18.2 Å². The van der Waals surface area contributed by atoms with Gasteiger partial charge in [0.05, 0.1) is 40.0 Å². The summed E-state index contributed by atoms with van der Waals surface area (Å²) >= 11 is 0. The van der Waals surface area contributed by atoms with Gasteiger partial charge in [0.15, 0.2) is 19.7 Å². The first-order valence-electron chi connectivity index (χ1n) is 9.25. The van der Waals surface area contributed by atoms with Crippen molar-refractivity contribution in [1.82, 2.24) is 9.62 Å². The molecule has 0 saturated carbocycles. The first-order chi connectivity index (χ1) is 13.6. The smallest absolute Gasteiger partial charge is 0.243 e.